The molecule has 5 heteroatoms. The van der Waals surface area contributed by atoms with E-state index in [2.05, 4.69) is 10.6 Å². The monoisotopic (exact) mass is 269 g/mol. The Labute approximate surface area is 115 Å². The molecule has 2 heterocycles. The Morgan fingerprint density at radius 2 is 1.84 bits per heavy atom. The number of thiocarbonyl (C=S) groups is 1. The second-order valence-electron chi connectivity index (χ2n) is 4.10. The summed E-state index contributed by atoms with van der Waals surface area (Å²) in [6.07, 6.45) is 3.73. The summed E-state index contributed by atoms with van der Waals surface area (Å²) in [5, 5.41) is 5.72. The lowest BCUT2D eigenvalue weighted by molar-refractivity contribution is -0.115. The van der Waals surface area contributed by atoms with E-state index in [4.69, 9.17) is 12.2 Å². The number of carbonyl (C=O) groups is 1. The minimum absolute atomic E-state index is 0.203. The summed E-state index contributed by atoms with van der Waals surface area (Å²) in [5.74, 6) is -0.203. The van der Waals surface area contributed by atoms with E-state index in [1.54, 1.807) is 6.08 Å². The number of aromatic nitrogens is 1. The van der Waals surface area contributed by atoms with Gasteiger partial charge in [-0.05, 0) is 42.6 Å². The molecule has 1 aromatic heterocycles. The Kier molecular flexibility index (Phi) is 2.89. The zero-order chi connectivity index (χ0) is 13.2. The summed E-state index contributed by atoms with van der Waals surface area (Å²) in [6, 6.07) is 13.8. The standard InChI is InChI=1S/C14H11N3OS/c18-13-12(15-14(19)16-13)9-11-7-4-8-17(11)10-5-2-1-3-6-10/h1-9H,(H2,15,16,18,19)/b12-9+. The lowest BCUT2D eigenvalue weighted by Gasteiger charge is -2.06. The van der Waals surface area contributed by atoms with Crippen molar-refractivity contribution in [3.8, 4) is 5.69 Å². The molecule has 0 bridgehead atoms. The van der Waals surface area contributed by atoms with Gasteiger partial charge in [0.2, 0.25) is 0 Å². The average molecular weight is 269 g/mol. The lowest BCUT2D eigenvalue weighted by Crippen LogP contribution is -2.21. The molecule has 1 saturated heterocycles. The molecule has 1 aromatic carbocycles. The number of carbonyl (C=O) groups excluding carboxylic acids is 1. The first-order valence-electron chi connectivity index (χ1n) is 5.81. The Balaban J connectivity index is 2.00. The van der Waals surface area contributed by atoms with Crippen LogP contribution >= 0.6 is 12.2 Å². The lowest BCUT2D eigenvalue weighted by atomic mass is 10.3. The topological polar surface area (TPSA) is 46.1 Å². The van der Waals surface area contributed by atoms with E-state index in [1.807, 2.05) is 53.2 Å². The summed E-state index contributed by atoms with van der Waals surface area (Å²) in [5.41, 5.74) is 2.41. The van der Waals surface area contributed by atoms with Crippen LogP contribution in [0.3, 0.4) is 0 Å². The predicted molar refractivity (Wildman–Crippen MR) is 77.6 cm³/mol. The molecule has 0 saturated carbocycles. The largest absolute Gasteiger partial charge is 0.328 e. The van der Waals surface area contributed by atoms with Gasteiger partial charge in [-0.15, -0.1) is 0 Å². The molecule has 0 spiro atoms. The van der Waals surface area contributed by atoms with Gasteiger partial charge in [-0.1, -0.05) is 18.2 Å². The van der Waals surface area contributed by atoms with E-state index in [9.17, 15) is 4.79 Å². The third-order valence-corrected chi connectivity index (χ3v) is 3.03. The molecular weight excluding hydrogens is 258 g/mol. The van der Waals surface area contributed by atoms with Gasteiger partial charge in [0.25, 0.3) is 5.91 Å². The van der Waals surface area contributed by atoms with Crippen molar-refractivity contribution in [1.82, 2.24) is 15.2 Å². The van der Waals surface area contributed by atoms with Gasteiger partial charge in [-0.3, -0.25) is 10.1 Å². The van der Waals surface area contributed by atoms with E-state index >= 15 is 0 Å². The average Bonchev–Trinajstić information content (AvgIpc) is 2.98. The van der Waals surface area contributed by atoms with Crippen molar-refractivity contribution in [2.45, 2.75) is 0 Å². The number of para-hydroxylation sites is 1. The van der Waals surface area contributed by atoms with Crippen molar-refractivity contribution in [2.75, 3.05) is 0 Å². The highest BCUT2D eigenvalue weighted by molar-refractivity contribution is 7.80. The highest BCUT2D eigenvalue weighted by Crippen LogP contribution is 2.15. The first-order chi connectivity index (χ1) is 9.24. The van der Waals surface area contributed by atoms with Crippen LogP contribution in [0.2, 0.25) is 0 Å². The van der Waals surface area contributed by atoms with Crippen LogP contribution in [0.1, 0.15) is 5.69 Å². The van der Waals surface area contributed by atoms with Crippen molar-refractivity contribution in [3.63, 3.8) is 0 Å². The zero-order valence-electron chi connectivity index (χ0n) is 9.96. The smallest absolute Gasteiger partial charge is 0.273 e. The number of amides is 1. The van der Waals surface area contributed by atoms with Gasteiger partial charge in [0.15, 0.2) is 5.11 Å². The van der Waals surface area contributed by atoms with Crippen LogP contribution in [0.15, 0.2) is 54.4 Å². The summed E-state index contributed by atoms with van der Waals surface area (Å²) in [4.78, 5) is 11.6. The van der Waals surface area contributed by atoms with Crippen LogP contribution in [0.4, 0.5) is 0 Å². The number of nitrogens with zero attached hydrogens (tertiary/aromatic N) is 1. The summed E-state index contributed by atoms with van der Waals surface area (Å²) >= 11 is 4.90. The zero-order valence-corrected chi connectivity index (χ0v) is 10.8. The van der Waals surface area contributed by atoms with Crippen molar-refractivity contribution >= 4 is 29.3 Å². The molecule has 2 N–H and O–H groups in total. The molecule has 1 fully saturated rings. The molecule has 94 valence electrons. The summed E-state index contributed by atoms with van der Waals surface area (Å²) in [6.45, 7) is 0. The van der Waals surface area contributed by atoms with Crippen molar-refractivity contribution in [2.24, 2.45) is 0 Å². The molecule has 0 radical (unpaired) electrons. The van der Waals surface area contributed by atoms with Crippen molar-refractivity contribution < 1.29 is 4.79 Å². The first kappa shape index (κ1) is 11.7. The van der Waals surface area contributed by atoms with Crippen LogP contribution in [0.5, 0.6) is 0 Å². The fraction of sp³-hybridized carbons (Fsp3) is 0. The number of benzene rings is 1. The maximum Gasteiger partial charge on any atom is 0.273 e. The fourth-order valence-corrected chi connectivity index (χ4v) is 2.17. The summed E-state index contributed by atoms with van der Waals surface area (Å²) < 4.78 is 2.00. The Hall–Kier alpha value is -2.40. The summed E-state index contributed by atoms with van der Waals surface area (Å²) in [7, 11) is 0. The number of nitrogens with one attached hydrogen (secondary N) is 2. The Morgan fingerprint density at radius 1 is 1.05 bits per heavy atom. The van der Waals surface area contributed by atoms with E-state index in [-0.39, 0.29) is 5.91 Å². The van der Waals surface area contributed by atoms with Gasteiger partial charge in [-0.2, -0.15) is 0 Å². The number of rotatable bonds is 2. The molecular formula is C14H11N3OS. The molecule has 2 aromatic rings. The molecule has 1 amide bonds. The number of hydrogen-bond acceptors (Lipinski definition) is 2. The maximum atomic E-state index is 11.6. The molecule has 1 aliphatic heterocycles. The van der Waals surface area contributed by atoms with E-state index in [1.165, 1.54) is 0 Å². The second kappa shape index (κ2) is 4.70. The van der Waals surface area contributed by atoms with Gasteiger partial charge in [0.05, 0.1) is 0 Å². The molecule has 0 atom stereocenters. The maximum absolute atomic E-state index is 11.6. The minimum atomic E-state index is -0.203. The van der Waals surface area contributed by atoms with Gasteiger partial charge < -0.3 is 9.88 Å². The van der Waals surface area contributed by atoms with Crippen LogP contribution in [-0.2, 0) is 4.79 Å². The fourth-order valence-electron chi connectivity index (χ4n) is 1.97. The molecule has 4 nitrogen and oxygen atoms in total. The van der Waals surface area contributed by atoms with Crippen LogP contribution in [0, 0.1) is 0 Å². The number of hydrogen-bond donors (Lipinski definition) is 2. The molecule has 0 aliphatic carbocycles. The molecule has 3 rings (SSSR count). The minimum Gasteiger partial charge on any atom is -0.328 e. The van der Waals surface area contributed by atoms with E-state index in [0.717, 1.165) is 11.4 Å². The molecule has 19 heavy (non-hydrogen) atoms. The van der Waals surface area contributed by atoms with Crippen molar-refractivity contribution in [1.29, 1.82) is 0 Å². The third kappa shape index (κ3) is 2.28. The highest BCUT2D eigenvalue weighted by atomic mass is 32.1. The predicted octanol–water partition coefficient (Wildman–Crippen LogP) is 1.82. The second-order valence-corrected chi connectivity index (χ2v) is 4.51. The molecule has 1 aliphatic rings. The third-order valence-electron chi connectivity index (χ3n) is 2.83. The van der Waals surface area contributed by atoms with Gasteiger partial charge >= 0.3 is 0 Å². The first-order valence-corrected chi connectivity index (χ1v) is 6.22. The van der Waals surface area contributed by atoms with Crippen molar-refractivity contribution in [3.05, 3.63) is 60.1 Å². The van der Waals surface area contributed by atoms with Gasteiger partial charge in [0.1, 0.15) is 5.70 Å². The van der Waals surface area contributed by atoms with Crippen LogP contribution in [-0.4, -0.2) is 15.6 Å². The Morgan fingerprint density at radius 3 is 2.53 bits per heavy atom. The van der Waals surface area contributed by atoms with Gasteiger partial charge in [0, 0.05) is 17.6 Å². The Bertz CT molecular complexity index is 673. The SMILES string of the molecule is O=C1NC(=S)N/C1=C/c1cccn1-c1ccccc1. The van der Waals surface area contributed by atoms with E-state index in [0.29, 0.717) is 10.8 Å². The van der Waals surface area contributed by atoms with Gasteiger partial charge in [-0.25, -0.2) is 0 Å². The quantitative estimate of drug-likeness (QED) is 0.646. The van der Waals surface area contributed by atoms with E-state index < -0.39 is 0 Å². The highest BCUT2D eigenvalue weighted by Gasteiger charge is 2.20. The normalized spacial score (nSPS) is 16.5. The van der Waals surface area contributed by atoms with Crippen LogP contribution < -0.4 is 10.6 Å². The molecule has 0 unspecified atom stereocenters. The van der Waals surface area contributed by atoms with Crippen LogP contribution in [0.25, 0.3) is 11.8 Å².